The van der Waals surface area contributed by atoms with Crippen molar-refractivity contribution in [2.45, 2.75) is 32.9 Å². The number of aromatic nitrogens is 4. The minimum absolute atomic E-state index is 0.191. The van der Waals surface area contributed by atoms with Crippen LogP contribution in [0.4, 0.5) is 5.95 Å². The van der Waals surface area contributed by atoms with Crippen LogP contribution in [0, 0.1) is 0 Å². The van der Waals surface area contributed by atoms with Crippen LogP contribution in [0.2, 0.25) is 0 Å². The van der Waals surface area contributed by atoms with Crippen LogP contribution in [-0.4, -0.2) is 43.6 Å². The molecule has 0 fully saturated rings. The van der Waals surface area contributed by atoms with Crippen LogP contribution < -0.4 is 14.6 Å². The molecule has 0 saturated carbocycles. The van der Waals surface area contributed by atoms with Crippen LogP contribution in [0.1, 0.15) is 31.9 Å². The number of carboxylic acids is 1. The molecule has 1 N–H and O–H groups in total. The number of nitrogens with zero attached hydrogens (tertiary/aromatic N) is 5. The minimum Gasteiger partial charge on any atom is -0.493 e. The third-order valence-corrected chi connectivity index (χ3v) is 6.84. The van der Waals surface area contributed by atoms with Gasteiger partial charge < -0.3 is 14.4 Å². The fourth-order valence-electron chi connectivity index (χ4n) is 4.12. The van der Waals surface area contributed by atoms with Crippen molar-refractivity contribution in [2.24, 2.45) is 0 Å². The number of anilines is 1. The first-order valence-corrected chi connectivity index (χ1v) is 11.5. The second-order valence-corrected chi connectivity index (χ2v) is 9.30. The number of benzene rings is 1. The Morgan fingerprint density at radius 2 is 2.12 bits per heavy atom. The van der Waals surface area contributed by atoms with E-state index in [0.717, 1.165) is 34.8 Å². The number of carbonyl (C=O) groups is 1. The van der Waals surface area contributed by atoms with E-state index in [1.807, 2.05) is 22.9 Å². The number of carboxylic acid groups (broad SMARTS) is 1. The highest BCUT2D eigenvalue weighted by atomic mass is 32.2. The van der Waals surface area contributed by atoms with Gasteiger partial charge in [0.05, 0.1) is 19.2 Å². The van der Waals surface area contributed by atoms with Crippen molar-refractivity contribution < 1.29 is 14.6 Å². The summed E-state index contributed by atoms with van der Waals surface area (Å²) in [5.74, 6) is 0.524. The van der Waals surface area contributed by atoms with Gasteiger partial charge in [-0.25, -0.2) is 4.68 Å². The summed E-state index contributed by atoms with van der Waals surface area (Å²) in [7, 11) is 0. The van der Waals surface area contributed by atoms with Gasteiger partial charge in [0.1, 0.15) is 18.6 Å². The number of aliphatic carboxylic acids is 1. The Morgan fingerprint density at radius 3 is 2.91 bits per heavy atom. The summed E-state index contributed by atoms with van der Waals surface area (Å²) in [4.78, 5) is 29.7. The summed E-state index contributed by atoms with van der Waals surface area (Å²) in [6, 6.07) is 9.31. The maximum Gasteiger partial charge on any atom is 0.323 e. The van der Waals surface area contributed by atoms with Gasteiger partial charge in [-0.1, -0.05) is 6.07 Å². The molecule has 0 saturated heterocycles. The SMILES string of the molecule is CC(C)n1ncnc1N1CC2=C(CCOc3ccc(-c4cccn(CC(=O)O)c4=O)cc32)S1. The fourth-order valence-corrected chi connectivity index (χ4v) is 5.25. The summed E-state index contributed by atoms with van der Waals surface area (Å²) in [5, 5.41) is 13.5. The van der Waals surface area contributed by atoms with Crippen molar-refractivity contribution in [3.05, 3.63) is 63.7 Å². The largest absolute Gasteiger partial charge is 0.493 e. The Balaban J connectivity index is 1.53. The Bertz CT molecular complexity index is 1330. The number of fused-ring (bicyclic) bond motifs is 2. The molecule has 0 atom stereocenters. The van der Waals surface area contributed by atoms with Gasteiger partial charge in [0.15, 0.2) is 0 Å². The first kappa shape index (κ1) is 21.3. The van der Waals surface area contributed by atoms with Gasteiger partial charge in [-0.05, 0) is 61.2 Å². The molecule has 0 radical (unpaired) electrons. The molecule has 170 valence electrons. The standard InChI is InChI=1S/C23H23N5O4S/c1-14(2)28-23(24-13-25-28)27-11-18-17-10-15(5-6-19(17)32-9-7-20(18)33-27)16-4-3-8-26(22(16)31)12-21(29)30/h3-6,8,10,13-14H,7,9,11-12H2,1-2H3,(H,29,30). The Hall–Kier alpha value is -3.53. The Labute approximate surface area is 194 Å². The smallest absolute Gasteiger partial charge is 0.323 e. The van der Waals surface area contributed by atoms with Crippen LogP contribution >= 0.6 is 11.9 Å². The monoisotopic (exact) mass is 465 g/mol. The summed E-state index contributed by atoms with van der Waals surface area (Å²) in [6.45, 7) is 4.98. The van der Waals surface area contributed by atoms with Crippen molar-refractivity contribution in [1.29, 1.82) is 0 Å². The van der Waals surface area contributed by atoms with Crippen LogP contribution in [0.3, 0.4) is 0 Å². The zero-order valence-electron chi connectivity index (χ0n) is 18.3. The lowest BCUT2D eigenvalue weighted by Crippen LogP contribution is -2.24. The number of pyridine rings is 1. The quantitative estimate of drug-likeness (QED) is 0.572. The van der Waals surface area contributed by atoms with Crippen molar-refractivity contribution in [1.82, 2.24) is 19.3 Å². The van der Waals surface area contributed by atoms with E-state index >= 15 is 0 Å². The molecule has 33 heavy (non-hydrogen) atoms. The Morgan fingerprint density at radius 1 is 1.27 bits per heavy atom. The molecule has 0 spiro atoms. The van der Waals surface area contributed by atoms with E-state index in [1.165, 1.54) is 15.7 Å². The first-order valence-electron chi connectivity index (χ1n) is 10.7. The third kappa shape index (κ3) is 3.91. The summed E-state index contributed by atoms with van der Waals surface area (Å²) in [6.07, 6.45) is 3.85. The van der Waals surface area contributed by atoms with Crippen molar-refractivity contribution in [3.8, 4) is 16.9 Å². The second kappa shape index (κ2) is 8.43. The summed E-state index contributed by atoms with van der Waals surface area (Å²) in [5.41, 5.74) is 2.93. The molecular weight excluding hydrogens is 442 g/mol. The molecule has 5 rings (SSSR count). The van der Waals surface area contributed by atoms with Gasteiger partial charge in [0.2, 0.25) is 5.95 Å². The molecule has 2 aromatic heterocycles. The van der Waals surface area contributed by atoms with E-state index in [1.54, 1.807) is 30.4 Å². The zero-order valence-corrected chi connectivity index (χ0v) is 19.1. The maximum absolute atomic E-state index is 12.9. The molecular formula is C23H23N5O4S. The predicted octanol–water partition coefficient (Wildman–Crippen LogP) is 3.43. The molecule has 0 unspecified atom stereocenters. The highest BCUT2D eigenvalue weighted by molar-refractivity contribution is 8.04. The van der Waals surface area contributed by atoms with Gasteiger partial charge >= 0.3 is 5.97 Å². The molecule has 2 aliphatic heterocycles. The number of hydrogen-bond donors (Lipinski definition) is 1. The maximum atomic E-state index is 12.9. The van der Waals surface area contributed by atoms with Crippen LogP contribution in [0.15, 0.2) is 52.6 Å². The number of ether oxygens (including phenoxy) is 1. The van der Waals surface area contributed by atoms with Crippen LogP contribution in [0.5, 0.6) is 5.75 Å². The molecule has 3 aromatic rings. The van der Waals surface area contributed by atoms with Crippen molar-refractivity contribution in [2.75, 3.05) is 17.5 Å². The minimum atomic E-state index is -1.06. The summed E-state index contributed by atoms with van der Waals surface area (Å²) < 4.78 is 11.3. The lowest BCUT2D eigenvalue weighted by atomic mass is 9.98. The lowest BCUT2D eigenvalue weighted by Gasteiger charge is -2.20. The second-order valence-electron chi connectivity index (χ2n) is 8.19. The molecule has 10 heteroatoms. The normalized spacial score (nSPS) is 15.3. The molecule has 1 aromatic carbocycles. The lowest BCUT2D eigenvalue weighted by molar-refractivity contribution is -0.137. The summed E-state index contributed by atoms with van der Waals surface area (Å²) >= 11 is 1.65. The molecule has 0 bridgehead atoms. The molecule has 9 nitrogen and oxygen atoms in total. The zero-order chi connectivity index (χ0) is 23.1. The van der Waals surface area contributed by atoms with E-state index in [-0.39, 0.29) is 18.1 Å². The highest BCUT2D eigenvalue weighted by Crippen LogP contribution is 2.46. The van der Waals surface area contributed by atoms with E-state index < -0.39 is 5.97 Å². The first-order chi connectivity index (χ1) is 15.9. The van der Waals surface area contributed by atoms with Crippen molar-refractivity contribution >= 4 is 29.4 Å². The van der Waals surface area contributed by atoms with Gasteiger partial charge in [0, 0.05) is 28.6 Å². The van der Waals surface area contributed by atoms with Gasteiger partial charge in [-0.2, -0.15) is 10.1 Å². The topological polar surface area (TPSA) is 102 Å². The van der Waals surface area contributed by atoms with Gasteiger partial charge in [0.25, 0.3) is 5.56 Å². The van der Waals surface area contributed by atoms with Gasteiger partial charge in [-0.3, -0.25) is 13.9 Å². The van der Waals surface area contributed by atoms with E-state index in [0.29, 0.717) is 18.7 Å². The molecule has 2 aliphatic rings. The fraction of sp³-hybridized carbons (Fsp3) is 0.304. The van der Waals surface area contributed by atoms with Crippen LogP contribution in [-0.2, 0) is 11.3 Å². The van der Waals surface area contributed by atoms with Crippen molar-refractivity contribution in [3.63, 3.8) is 0 Å². The van der Waals surface area contributed by atoms with E-state index in [2.05, 4.69) is 28.2 Å². The third-order valence-electron chi connectivity index (χ3n) is 5.65. The van der Waals surface area contributed by atoms with Crippen LogP contribution in [0.25, 0.3) is 16.7 Å². The molecule has 4 heterocycles. The van der Waals surface area contributed by atoms with Gasteiger partial charge in [-0.15, -0.1) is 0 Å². The van der Waals surface area contributed by atoms with E-state index in [4.69, 9.17) is 9.84 Å². The molecule has 0 amide bonds. The number of rotatable bonds is 5. The average molecular weight is 466 g/mol. The number of hydrogen-bond acceptors (Lipinski definition) is 7. The average Bonchev–Trinajstić information content (AvgIpc) is 3.39. The molecule has 0 aliphatic carbocycles. The highest BCUT2D eigenvalue weighted by Gasteiger charge is 2.31. The Kier molecular flexibility index (Phi) is 5.45. The predicted molar refractivity (Wildman–Crippen MR) is 126 cm³/mol. The van der Waals surface area contributed by atoms with E-state index in [9.17, 15) is 9.59 Å².